The number of amides is 1. The second-order valence-electron chi connectivity index (χ2n) is 4.77. The van der Waals surface area contributed by atoms with E-state index in [4.69, 9.17) is 9.84 Å². The summed E-state index contributed by atoms with van der Waals surface area (Å²) in [6.45, 7) is 3.14. The van der Waals surface area contributed by atoms with Gasteiger partial charge in [-0.25, -0.2) is 0 Å². The van der Waals surface area contributed by atoms with Crippen LogP contribution in [0.25, 0.3) is 0 Å². The monoisotopic (exact) mass is 243 g/mol. The summed E-state index contributed by atoms with van der Waals surface area (Å²) in [6.07, 6.45) is 2.03. The number of aliphatic carboxylic acids is 1. The van der Waals surface area contributed by atoms with Gasteiger partial charge in [-0.1, -0.05) is 6.92 Å². The van der Waals surface area contributed by atoms with Crippen LogP contribution >= 0.6 is 0 Å². The summed E-state index contributed by atoms with van der Waals surface area (Å²) in [5.74, 6) is -1.56. The molecular weight excluding hydrogens is 222 g/mol. The summed E-state index contributed by atoms with van der Waals surface area (Å²) in [6, 6.07) is 0. The number of hydrogen-bond acceptors (Lipinski definition) is 3. The van der Waals surface area contributed by atoms with Crippen LogP contribution in [0.3, 0.4) is 0 Å². The summed E-state index contributed by atoms with van der Waals surface area (Å²) < 4.78 is 4.88. The second kappa shape index (κ2) is 6.59. The molecule has 0 spiro atoms. The number of carbonyl (C=O) groups excluding carboxylic acids is 1. The number of hydrogen-bond donors (Lipinski definition) is 2. The Labute approximate surface area is 102 Å². The normalized spacial score (nSPS) is 28.0. The first-order valence-electron chi connectivity index (χ1n) is 6.05. The Hall–Kier alpha value is -1.10. The van der Waals surface area contributed by atoms with Crippen LogP contribution < -0.4 is 5.32 Å². The number of carbonyl (C=O) groups is 2. The molecule has 0 heterocycles. The maximum absolute atomic E-state index is 11.9. The molecule has 0 aromatic heterocycles. The first-order valence-corrected chi connectivity index (χ1v) is 6.05. The van der Waals surface area contributed by atoms with Crippen LogP contribution in [0.4, 0.5) is 0 Å². The van der Waals surface area contributed by atoms with Crippen molar-refractivity contribution >= 4 is 11.9 Å². The van der Waals surface area contributed by atoms with Crippen molar-refractivity contribution in [1.29, 1.82) is 0 Å². The zero-order valence-electron chi connectivity index (χ0n) is 10.4. The number of carboxylic acids is 1. The number of carboxylic acid groups (broad SMARTS) is 1. The molecule has 17 heavy (non-hydrogen) atoms. The molecule has 0 bridgehead atoms. The van der Waals surface area contributed by atoms with E-state index in [9.17, 15) is 9.59 Å². The Morgan fingerprint density at radius 3 is 2.59 bits per heavy atom. The topological polar surface area (TPSA) is 75.6 Å². The number of rotatable bonds is 6. The fourth-order valence-corrected chi connectivity index (χ4v) is 2.41. The highest BCUT2D eigenvalue weighted by atomic mass is 16.5. The van der Waals surface area contributed by atoms with Crippen molar-refractivity contribution in [1.82, 2.24) is 5.32 Å². The minimum atomic E-state index is -0.855. The molecule has 1 fully saturated rings. The third-order valence-electron chi connectivity index (χ3n) is 3.28. The average molecular weight is 243 g/mol. The van der Waals surface area contributed by atoms with Crippen molar-refractivity contribution < 1.29 is 19.4 Å². The molecule has 1 aliphatic carbocycles. The zero-order chi connectivity index (χ0) is 12.8. The third kappa shape index (κ3) is 4.00. The van der Waals surface area contributed by atoms with Crippen molar-refractivity contribution in [2.24, 2.45) is 17.8 Å². The highest BCUT2D eigenvalue weighted by molar-refractivity contribution is 5.85. The van der Waals surface area contributed by atoms with Gasteiger partial charge in [-0.15, -0.1) is 0 Å². The Bertz CT molecular complexity index is 280. The quantitative estimate of drug-likeness (QED) is 0.679. The Morgan fingerprint density at radius 1 is 1.35 bits per heavy atom. The van der Waals surface area contributed by atoms with Crippen molar-refractivity contribution in [2.75, 3.05) is 20.3 Å². The molecule has 0 aromatic rings. The number of ether oxygens (including phenoxy) is 1. The van der Waals surface area contributed by atoms with E-state index in [1.165, 1.54) is 0 Å². The molecule has 1 aliphatic rings. The molecule has 1 unspecified atom stereocenters. The lowest BCUT2D eigenvalue weighted by molar-refractivity contribution is -0.146. The van der Waals surface area contributed by atoms with Crippen molar-refractivity contribution in [2.45, 2.75) is 26.2 Å². The van der Waals surface area contributed by atoms with Crippen LogP contribution in [-0.4, -0.2) is 37.2 Å². The van der Waals surface area contributed by atoms with Crippen molar-refractivity contribution in [3.63, 3.8) is 0 Å². The summed E-state index contributed by atoms with van der Waals surface area (Å²) in [5.41, 5.74) is 0. The minimum absolute atomic E-state index is 0.127. The first-order chi connectivity index (χ1) is 8.06. The lowest BCUT2D eigenvalue weighted by Crippen LogP contribution is -2.36. The molecule has 1 amide bonds. The summed E-state index contributed by atoms with van der Waals surface area (Å²) in [7, 11) is 1.61. The molecule has 98 valence electrons. The maximum atomic E-state index is 11.9. The standard InChI is InChI=1S/C12H21NO4/c1-8-6-9(10(7-8)12(15)16)11(14)13-4-3-5-17-2/h8-10H,3-7H2,1-2H3,(H,13,14)(H,15,16)/t8?,9-,10+/m0/s1. The van der Waals surface area contributed by atoms with Gasteiger partial charge >= 0.3 is 5.97 Å². The largest absolute Gasteiger partial charge is 0.481 e. The third-order valence-corrected chi connectivity index (χ3v) is 3.28. The van der Waals surface area contributed by atoms with E-state index in [0.717, 1.165) is 6.42 Å². The summed E-state index contributed by atoms with van der Waals surface area (Å²) in [5, 5.41) is 11.8. The highest BCUT2D eigenvalue weighted by Crippen LogP contribution is 2.36. The van der Waals surface area contributed by atoms with Gasteiger partial charge in [0.2, 0.25) is 5.91 Å². The van der Waals surface area contributed by atoms with E-state index in [2.05, 4.69) is 5.32 Å². The van der Waals surface area contributed by atoms with Gasteiger partial charge in [0.15, 0.2) is 0 Å². The van der Waals surface area contributed by atoms with E-state index in [1.54, 1.807) is 7.11 Å². The van der Waals surface area contributed by atoms with Crippen LogP contribution in [0.5, 0.6) is 0 Å². The predicted octanol–water partition coefficient (Wildman–Crippen LogP) is 0.886. The summed E-state index contributed by atoms with van der Waals surface area (Å²) in [4.78, 5) is 22.9. The minimum Gasteiger partial charge on any atom is -0.481 e. The van der Waals surface area contributed by atoms with Gasteiger partial charge in [-0.3, -0.25) is 9.59 Å². The average Bonchev–Trinajstić information content (AvgIpc) is 2.66. The van der Waals surface area contributed by atoms with Crippen LogP contribution in [0.1, 0.15) is 26.2 Å². The summed E-state index contributed by atoms with van der Waals surface area (Å²) >= 11 is 0. The van der Waals surface area contributed by atoms with Gasteiger partial charge in [0.25, 0.3) is 0 Å². The molecule has 2 N–H and O–H groups in total. The van der Waals surface area contributed by atoms with Crippen LogP contribution in [0.15, 0.2) is 0 Å². The zero-order valence-corrected chi connectivity index (χ0v) is 10.4. The molecule has 1 rings (SSSR count). The Balaban J connectivity index is 2.41. The smallest absolute Gasteiger partial charge is 0.307 e. The molecular formula is C12H21NO4. The van der Waals surface area contributed by atoms with E-state index in [-0.39, 0.29) is 11.8 Å². The van der Waals surface area contributed by atoms with Gasteiger partial charge < -0.3 is 15.2 Å². The van der Waals surface area contributed by atoms with E-state index >= 15 is 0 Å². The highest BCUT2D eigenvalue weighted by Gasteiger charge is 2.40. The predicted molar refractivity (Wildman–Crippen MR) is 62.5 cm³/mol. The van der Waals surface area contributed by atoms with Crippen molar-refractivity contribution in [3.8, 4) is 0 Å². The molecule has 0 radical (unpaired) electrons. The van der Waals surface area contributed by atoms with Crippen molar-refractivity contribution in [3.05, 3.63) is 0 Å². The van der Waals surface area contributed by atoms with E-state index < -0.39 is 11.9 Å². The second-order valence-corrected chi connectivity index (χ2v) is 4.77. The molecule has 0 aromatic carbocycles. The molecule has 0 aliphatic heterocycles. The Morgan fingerprint density at radius 2 is 2.00 bits per heavy atom. The molecule has 0 saturated heterocycles. The van der Waals surface area contributed by atoms with Crippen LogP contribution in [-0.2, 0) is 14.3 Å². The first kappa shape index (κ1) is 14.0. The fraction of sp³-hybridized carbons (Fsp3) is 0.833. The fourth-order valence-electron chi connectivity index (χ4n) is 2.41. The molecule has 5 nitrogen and oxygen atoms in total. The van der Waals surface area contributed by atoms with Crippen LogP contribution in [0.2, 0.25) is 0 Å². The maximum Gasteiger partial charge on any atom is 0.307 e. The van der Waals surface area contributed by atoms with Gasteiger partial charge in [0.05, 0.1) is 11.8 Å². The lowest BCUT2D eigenvalue weighted by atomic mass is 9.95. The van der Waals surface area contributed by atoms with Gasteiger partial charge in [0.1, 0.15) is 0 Å². The van der Waals surface area contributed by atoms with Gasteiger partial charge in [-0.05, 0) is 25.2 Å². The molecule has 1 saturated carbocycles. The molecule has 5 heteroatoms. The SMILES string of the molecule is COCCCNC(=O)[C@H]1CC(C)C[C@H]1C(=O)O. The molecule has 3 atom stereocenters. The van der Waals surface area contributed by atoms with E-state index in [0.29, 0.717) is 31.9 Å². The Kier molecular flexibility index (Phi) is 5.41. The lowest BCUT2D eigenvalue weighted by Gasteiger charge is -2.15. The number of methoxy groups -OCH3 is 1. The van der Waals surface area contributed by atoms with Gasteiger partial charge in [-0.2, -0.15) is 0 Å². The van der Waals surface area contributed by atoms with Gasteiger partial charge in [0, 0.05) is 20.3 Å². The van der Waals surface area contributed by atoms with E-state index in [1.807, 2.05) is 6.92 Å². The number of nitrogens with one attached hydrogen (secondary N) is 1. The van der Waals surface area contributed by atoms with Crippen LogP contribution in [0, 0.1) is 17.8 Å².